The minimum Gasteiger partial charge on any atom is -0.303 e. The molecule has 15 heavy (non-hydrogen) atoms. The molecule has 0 saturated heterocycles. The maximum atomic E-state index is 11.0. The second-order valence-corrected chi connectivity index (χ2v) is 3.77. The van der Waals surface area contributed by atoms with Crippen molar-refractivity contribution in [1.82, 2.24) is 0 Å². The summed E-state index contributed by atoms with van der Waals surface area (Å²) in [5.74, 6) is 0.0596. The van der Waals surface area contributed by atoms with E-state index in [9.17, 15) is 9.59 Å². The van der Waals surface area contributed by atoms with E-state index < -0.39 is 0 Å². The van der Waals surface area contributed by atoms with Crippen molar-refractivity contribution in [3.8, 4) is 0 Å². The van der Waals surface area contributed by atoms with Crippen molar-refractivity contribution in [1.29, 1.82) is 0 Å². The summed E-state index contributed by atoms with van der Waals surface area (Å²) >= 11 is 0. The molecule has 0 aromatic rings. The SMILES string of the molecule is CCCCC/C=C/CCCC(=O)CC=O. The van der Waals surface area contributed by atoms with E-state index in [1.807, 2.05) is 0 Å². The van der Waals surface area contributed by atoms with Gasteiger partial charge in [0.15, 0.2) is 0 Å². The topological polar surface area (TPSA) is 34.1 Å². The number of unbranched alkanes of at least 4 members (excludes halogenated alkanes) is 4. The van der Waals surface area contributed by atoms with Gasteiger partial charge in [0.1, 0.15) is 12.1 Å². The molecule has 0 fully saturated rings. The van der Waals surface area contributed by atoms with Gasteiger partial charge in [0.25, 0.3) is 0 Å². The highest BCUT2D eigenvalue weighted by molar-refractivity contribution is 5.89. The molecule has 0 aromatic carbocycles. The van der Waals surface area contributed by atoms with Crippen LogP contribution in [0.3, 0.4) is 0 Å². The van der Waals surface area contributed by atoms with Gasteiger partial charge in [0.05, 0.1) is 6.42 Å². The summed E-state index contributed by atoms with van der Waals surface area (Å²) in [4.78, 5) is 21.0. The zero-order chi connectivity index (χ0) is 11.4. The molecule has 86 valence electrons. The standard InChI is InChI=1S/C13H22O2/c1-2-3-4-5-6-7-8-9-10-13(15)11-12-14/h6-7,12H,2-5,8-11H2,1H3/b7-6+. The third-order valence-corrected chi connectivity index (χ3v) is 2.28. The lowest BCUT2D eigenvalue weighted by Crippen LogP contribution is -1.97. The van der Waals surface area contributed by atoms with Crippen molar-refractivity contribution in [3.05, 3.63) is 12.2 Å². The number of hydrogen-bond donors (Lipinski definition) is 0. The highest BCUT2D eigenvalue weighted by atomic mass is 16.1. The molecule has 0 amide bonds. The molecule has 0 atom stereocenters. The number of allylic oxidation sites excluding steroid dienone is 2. The fourth-order valence-electron chi connectivity index (χ4n) is 1.36. The molecule has 0 bridgehead atoms. The van der Waals surface area contributed by atoms with Crippen LogP contribution in [0.2, 0.25) is 0 Å². The Labute approximate surface area is 92.8 Å². The maximum Gasteiger partial charge on any atom is 0.139 e. The lowest BCUT2D eigenvalue weighted by atomic mass is 10.1. The van der Waals surface area contributed by atoms with Gasteiger partial charge in [-0.15, -0.1) is 0 Å². The van der Waals surface area contributed by atoms with E-state index in [1.165, 1.54) is 19.3 Å². The van der Waals surface area contributed by atoms with Crippen LogP contribution in [0.25, 0.3) is 0 Å². The summed E-state index contributed by atoms with van der Waals surface area (Å²) in [5, 5.41) is 0. The Morgan fingerprint density at radius 1 is 1.07 bits per heavy atom. The molecule has 2 nitrogen and oxygen atoms in total. The molecule has 0 aromatic heterocycles. The smallest absolute Gasteiger partial charge is 0.139 e. The van der Waals surface area contributed by atoms with Gasteiger partial charge in [-0.3, -0.25) is 4.79 Å². The van der Waals surface area contributed by atoms with Gasteiger partial charge < -0.3 is 4.79 Å². The normalized spacial score (nSPS) is 10.7. The first-order valence-corrected chi connectivity index (χ1v) is 5.91. The van der Waals surface area contributed by atoms with Gasteiger partial charge in [-0.05, 0) is 25.7 Å². The van der Waals surface area contributed by atoms with Crippen molar-refractivity contribution in [2.24, 2.45) is 0 Å². The summed E-state index contributed by atoms with van der Waals surface area (Å²) in [6.45, 7) is 2.20. The van der Waals surface area contributed by atoms with E-state index in [4.69, 9.17) is 0 Å². The molecule has 0 heterocycles. The van der Waals surface area contributed by atoms with Crippen molar-refractivity contribution in [3.63, 3.8) is 0 Å². The summed E-state index contributed by atoms with van der Waals surface area (Å²) in [6, 6.07) is 0. The van der Waals surface area contributed by atoms with Crippen LogP contribution in [0.15, 0.2) is 12.2 Å². The van der Waals surface area contributed by atoms with E-state index >= 15 is 0 Å². The molecular weight excluding hydrogens is 188 g/mol. The summed E-state index contributed by atoms with van der Waals surface area (Å²) < 4.78 is 0. The Morgan fingerprint density at radius 2 is 1.73 bits per heavy atom. The largest absolute Gasteiger partial charge is 0.303 e. The van der Waals surface area contributed by atoms with Gasteiger partial charge in [0, 0.05) is 6.42 Å². The second-order valence-electron chi connectivity index (χ2n) is 3.77. The second kappa shape index (κ2) is 11.2. The minimum absolute atomic E-state index is 0.0596. The summed E-state index contributed by atoms with van der Waals surface area (Å²) in [6.07, 6.45) is 12.4. The van der Waals surface area contributed by atoms with Crippen LogP contribution in [-0.2, 0) is 9.59 Å². The van der Waals surface area contributed by atoms with Crippen molar-refractivity contribution in [2.45, 2.75) is 58.3 Å². The third-order valence-electron chi connectivity index (χ3n) is 2.28. The van der Waals surface area contributed by atoms with E-state index in [-0.39, 0.29) is 12.2 Å². The number of hydrogen-bond acceptors (Lipinski definition) is 2. The molecule has 0 unspecified atom stereocenters. The predicted molar refractivity (Wildman–Crippen MR) is 62.8 cm³/mol. The molecule has 0 aliphatic rings. The number of ketones is 1. The van der Waals surface area contributed by atoms with Crippen LogP contribution >= 0.6 is 0 Å². The Kier molecular flexibility index (Phi) is 10.5. The summed E-state index contributed by atoms with van der Waals surface area (Å²) in [7, 11) is 0. The molecule has 0 N–H and O–H groups in total. The molecule has 0 radical (unpaired) electrons. The van der Waals surface area contributed by atoms with Crippen LogP contribution in [0.4, 0.5) is 0 Å². The average molecular weight is 210 g/mol. The molecule has 0 aliphatic carbocycles. The molecule has 0 spiro atoms. The number of carbonyl (C=O) groups excluding carboxylic acids is 2. The first kappa shape index (κ1) is 14.1. The van der Waals surface area contributed by atoms with Gasteiger partial charge in [-0.2, -0.15) is 0 Å². The fourth-order valence-corrected chi connectivity index (χ4v) is 1.36. The molecule has 0 aliphatic heterocycles. The molecular formula is C13H22O2. The highest BCUT2D eigenvalue weighted by Gasteiger charge is 1.98. The van der Waals surface area contributed by atoms with Crippen molar-refractivity contribution in [2.75, 3.05) is 0 Å². The number of carbonyl (C=O) groups is 2. The Morgan fingerprint density at radius 3 is 2.33 bits per heavy atom. The van der Waals surface area contributed by atoms with Crippen molar-refractivity contribution < 1.29 is 9.59 Å². The number of Topliss-reactive ketones (excluding diaryl/α,β-unsaturated/α-hetero) is 1. The lowest BCUT2D eigenvalue weighted by Gasteiger charge is -1.94. The molecule has 0 rings (SSSR count). The van der Waals surface area contributed by atoms with Crippen LogP contribution in [0.1, 0.15) is 58.3 Å². The zero-order valence-electron chi connectivity index (χ0n) is 9.71. The van der Waals surface area contributed by atoms with E-state index in [0.29, 0.717) is 12.7 Å². The molecule has 0 saturated carbocycles. The predicted octanol–water partition coefficient (Wildman–Crippen LogP) is 3.45. The Hall–Kier alpha value is -0.920. The number of aldehydes is 1. The Bertz CT molecular complexity index is 195. The summed E-state index contributed by atoms with van der Waals surface area (Å²) in [5.41, 5.74) is 0. The first-order chi connectivity index (χ1) is 7.31. The lowest BCUT2D eigenvalue weighted by molar-refractivity contribution is -0.122. The Balaban J connectivity index is 3.22. The van der Waals surface area contributed by atoms with E-state index in [2.05, 4.69) is 19.1 Å². The van der Waals surface area contributed by atoms with Crippen LogP contribution in [-0.4, -0.2) is 12.1 Å². The van der Waals surface area contributed by atoms with Crippen LogP contribution < -0.4 is 0 Å². The van der Waals surface area contributed by atoms with Crippen LogP contribution in [0.5, 0.6) is 0 Å². The van der Waals surface area contributed by atoms with Gasteiger partial charge in [0.2, 0.25) is 0 Å². The van der Waals surface area contributed by atoms with E-state index in [0.717, 1.165) is 19.3 Å². The number of rotatable bonds is 10. The van der Waals surface area contributed by atoms with Gasteiger partial charge in [-0.25, -0.2) is 0 Å². The van der Waals surface area contributed by atoms with E-state index in [1.54, 1.807) is 0 Å². The minimum atomic E-state index is 0.0596. The average Bonchev–Trinajstić information content (AvgIpc) is 2.22. The monoisotopic (exact) mass is 210 g/mol. The zero-order valence-corrected chi connectivity index (χ0v) is 9.71. The third kappa shape index (κ3) is 11.0. The van der Waals surface area contributed by atoms with Crippen molar-refractivity contribution >= 4 is 12.1 Å². The fraction of sp³-hybridized carbons (Fsp3) is 0.692. The van der Waals surface area contributed by atoms with Crippen LogP contribution in [0, 0.1) is 0 Å². The first-order valence-electron chi connectivity index (χ1n) is 5.91. The molecule has 2 heteroatoms. The van der Waals surface area contributed by atoms with Gasteiger partial charge in [-0.1, -0.05) is 31.9 Å². The quantitative estimate of drug-likeness (QED) is 0.239. The highest BCUT2D eigenvalue weighted by Crippen LogP contribution is 2.03. The maximum absolute atomic E-state index is 11.0. The van der Waals surface area contributed by atoms with Gasteiger partial charge >= 0.3 is 0 Å².